The van der Waals surface area contributed by atoms with E-state index in [0.29, 0.717) is 16.3 Å². The average molecular weight is 537 g/mol. The number of hydrogen-bond acceptors (Lipinski definition) is 7. The second kappa shape index (κ2) is 11.0. The lowest BCUT2D eigenvalue weighted by atomic mass is 10.1. The number of carbonyl (C=O) groups excluding carboxylic acids is 3. The molecule has 0 fully saturated rings. The Kier molecular flexibility index (Phi) is 7.53. The Balaban J connectivity index is 1.38. The number of nitrogens with zero attached hydrogens (tertiary/aromatic N) is 1. The first-order valence-electron chi connectivity index (χ1n) is 12.3. The minimum absolute atomic E-state index is 0.0942. The monoisotopic (exact) mass is 536 g/mol. The third kappa shape index (κ3) is 5.24. The van der Waals surface area contributed by atoms with Crippen LogP contribution >= 0.6 is 23.1 Å². The minimum Gasteiger partial charge on any atom is -0.497 e. The van der Waals surface area contributed by atoms with Crippen LogP contribution in [-0.4, -0.2) is 38.0 Å². The zero-order valence-electron chi connectivity index (χ0n) is 20.7. The Morgan fingerprint density at radius 2 is 1.89 bits per heavy atom. The molecule has 9 heteroatoms. The van der Waals surface area contributed by atoms with Crippen molar-refractivity contribution in [2.45, 2.75) is 42.8 Å². The SMILES string of the molecule is CCOC(=O)c1c(NC(=O)CN2C(=O)C[C@H](c3ccc(OC)cc3)Sc3ccccc32)sc2c1CCC2. The summed E-state index contributed by atoms with van der Waals surface area (Å²) in [6.07, 6.45) is 2.94. The Hall–Kier alpha value is -3.30. The molecule has 0 bridgehead atoms. The van der Waals surface area contributed by atoms with E-state index < -0.39 is 5.97 Å². The lowest BCUT2D eigenvalue weighted by Gasteiger charge is -2.22. The van der Waals surface area contributed by atoms with Gasteiger partial charge in [0.15, 0.2) is 0 Å². The Morgan fingerprint density at radius 1 is 1.11 bits per heavy atom. The highest BCUT2D eigenvalue weighted by Gasteiger charge is 2.32. The molecule has 1 aliphatic heterocycles. The van der Waals surface area contributed by atoms with Crippen LogP contribution in [0.4, 0.5) is 10.7 Å². The van der Waals surface area contributed by atoms with Gasteiger partial charge in [0, 0.05) is 21.4 Å². The van der Waals surface area contributed by atoms with Crippen molar-refractivity contribution in [1.82, 2.24) is 0 Å². The number of methoxy groups -OCH3 is 1. The largest absolute Gasteiger partial charge is 0.497 e. The third-order valence-electron chi connectivity index (χ3n) is 6.53. The molecular weight excluding hydrogens is 508 g/mol. The summed E-state index contributed by atoms with van der Waals surface area (Å²) in [7, 11) is 1.62. The number of aryl methyl sites for hydroxylation is 1. The Bertz CT molecular complexity index is 1330. The number of amides is 2. The van der Waals surface area contributed by atoms with Gasteiger partial charge in [0.25, 0.3) is 0 Å². The highest BCUT2D eigenvalue weighted by molar-refractivity contribution is 7.99. The Morgan fingerprint density at radius 3 is 2.65 bits per heavy atom. The maximum atomic E-state index is 13.5. The number of ether oxygens (including phenoxy) is 2. The van der Waals surface area contributed by atoms with Crippen LogP contribution < -0.4 is 15.0 Å². The maximum absolute atomic E-state index is 13.5. The fourth-order valence-corrected chi connectivity index (χ4v) is 7.35. The molecule has 2 aliphatic rings. The molecule has 0 spiro atoms. The first-order chi connectivity index (χ1) is 18.0. The quantitative estimate of drug-likeness (QED) is 0.394. The molecule has 2 heterocycles. The molecule has 2 aromatic carbocycles. The van der Waals surface area contributed by atoms with E-state index in [1.807, 2.05) is 48.5 Å². The van der Waals surface area contributed by atoms with Crippen molar-refractivity contribution in [2.24, 2.45) is 0 Å². The number of thioether (sulfide) groups is 1. The molecule has 1 aliphatic carbocycles. The van der Waals surface area contributed by atoms with Gasteiger partial charge in [-0.25, -0.2) is 4.79 Å². The van der Waals surface area contributed by atoms with E-state index in [1.165, 1.54) is 11.3 Å². The topological polar surface area (TPSA) is 84.9 Å². The summed E-state index contributed by atoms with van der Waals surface area (Å²) < 4.78 is 10.5. The van der Waals surface area contributed by atoms with Gasteiger partial charge in [-0.3, -0.25) is 9.59 Å². The number of esters is 1. The van der Waals surface area contributed by atoms with Crippen LogP contribution in [0.25, 0.3) is 0 Å². The predicted octanol–water partition coefficient (Wildman–Crippen LogP) is 5.63. The molecule has 0 unspecified atom stereocenters. The number of hydrogen-bond donors (Lipinski definition) is 1. The second-order valence-corrected chi connectivity index (χ2v) is 11.2. The first-order valence-corrected chi connectivity index (χ1v) is 14.0. The molecule has 7 nitrogen and oxygen atoms in total. The first kappa shape index (κ1) is 25.4. The van der Waals surface area contributed by atoms with Gasteiger partial charge in [-0.1, -0.05) is 24.3 Å². The minimum atomic E-state index is -0.410. The molecule has 5 rings (SSSR count). The molecule has 0 radical (unpaired) electrons. The highest BCUT2D eigenvalue weighted by Crippen LogP contribution is 2.46. The van der Waals surface area contributed by atoms with Crippen molar-refractivity contribution >= 4 is 51.6 Å². The van der Waals surface area contributed by atoms with Gasteiger partial charge in [-0.15, -0.1) is 23.1 Å². The highest BCUT2D eigenvalue weighted by atomic mass is 32.2. The van der Waals surface area contributed by atoms with E-state index in [2.05, 4.69) is 5.32 Å². The van der Waals surface area contributed by atoms with E-state index in [4.69, 9.17) is 9.47 Å². The van der Waals surface area contributed by atoms with Gasteiger partial charge < -0.3 is 19.7 Å². The number of fused-ring (bicyclic) bond motifs is 2. The summed E-state index contributed by atoms with van der Waals surface area (Å²) >= 11 is 3.05. The van der Waals surface area contributed by atoms with Crippen molar-refractivity contribution in [1.29, 1.82) is 0 Å². The van der Waals surface area contributed by atoms with Crippen molar-refractivity contribution in [3.05, 3.63) is 70.1 Å². The van der Waals surface area contributed by atoms with E-state index in [9.17, 15) is 14.4 Å². The van der Waals surface area contributed by atoms with Crippen molar-refractivity contribution < 1.29 is 23.9 Å². The van der Waals surface area contributed by atoms with Crippen molar-refractivity contribution in [3.63, 3.8) is 0 Å². The molecule has 0 saturated carbocycles. The number of rotatable bonds is 7. The molecule has 192 valence electrons. The van der Waals surface area contributed by atoms with Gasteiger partial charge in [0.05, 0.1) is 25.0 Å². The van der Waals surface area contributed by atoms with E-state index in [-0.39, 0.29) is 36.6 Å². The van der Waals surface area contributed by atoms with Crippen LogP contribution in [0.15, 0.2) is 53.4 Å². The smallest absolute Gasteiger partial charge is 0.341 e. The number of carbonyl (C=O) groups is 3. The second-order valence-electron chi connectivity index (χ2n) is 8.86. The summed E-state index contributed by atoms with van der Waals surface area (Å²) in [6, 6.07) is 15.4. The van der Waals surface area contributed by atoms with Crippen LogP contribution in [0.5, 0.6) is 5.75 Å². The zero-order chi connectivity index (χ0) is 25.9. The molecule has 3 aromatic rings. The number of para-hydroxylation sites is 1. The summed E-state index contributed by atoms with van der Waals surface area (Å²) in [5.41, 5.74) is 3.18. The fraction of sp³-hybridized carbons (Fsp3) is 0.321. The molecule has 1 N–H and O–H groups in total. The Labute approximate surface area is 224 Å². The van der Waals surface area contributed by atoms with Crippen LogP contribution in [0, 0.1) is 0 Å². The zero-order valence-corrected chi connectivity index (χ0v) is 22.4. The number of thiophene rings is 1. The van der Waals surface area contributed by atoms with Gasteiger partial charge in [0.2, 0.25) is 11.8 Å². The van der Waals surface area contributed by atoms with E-state index in [0.717, 1.165) is 45.9 Å². The van der Waals surface area contributed by atoms with E-state index >= 15 is 0 Å². The van der Waals surface area contributed by atoms with Gasteiger partial charge in [0.1, 0.15) is 17.3 Å². The van der Waals surface area contributed by atoms with Crippen LogP contribution in [0.1, 0.15) is 51.4 Å². The average Bonchev–Trinajstić information content (AvgIpc) is 3.44. The summed E-state index contributed by atoms with van der Waals surface area (Å²) in [6.45, 7) is 1.89. The standard InChI is InChI=1S/C28H28N2O5S2/c1-3-35-28(33)26-19-7-6-10-21(19)37-27(26)29-24(31)16-30-20-8-4-5-9-22(20)36-23(15-25(30)32)17-11-13-18(34-2)14-12-17/h4-5,8-9,11-14,23H,3,6-7,10,15-16H2,1-2H3,(H,29,31)/t23-/m1/s1. The lowest BCUT2D eigenvalue weighted by molar-refractivity contribution is -0.121. The number of anilines is 2. The van der Waals surface area contributed by atoms with Crippen LogP contribution in [0.2, 0.25) is 0 Å². The van der Waals surface area contributed by atoms with Gasteiger partial charge >= 0.3 is 5.97 Å². The van der Waals surface area contributed by atoms with Gasteiger partial charge in [-0.05, 0) is 61.6 Å². The van der Waals surface area contributed by atoms with Gasteiger partial charge in [-0.2, -0.15) is 0 Å². The summed E-state index contributed by atoms with van der Waals surface area (Å²) in [4.78, 5) is 43.0. The fourth-order valence-electron chi connectivity index (χ4n) is 4.78. The molecule has 37 heavy (non-hydrogen) atoms. The summed E-state index contributed by atoms with van der Waals surface area (Å²) in [5.74, 6) is -0.129. The molecular formula is C28H28N2O5S2. The normalized spacial score (nSPS) is 16.5. The molecule has 2 amide bonds. The number of nitrogens with one attached hydrogen (secondary N) is 1. The molecule has 1 atom stereocenters. The molecule has 0 saturated heterocycles. The number of benzene rings is 2. The maximum Gasteiger partial charge on any atom is 0.341 e. The lowest BCUT2D eigenvalue weighted by Crippen LogP contribution is -2.38. The third-order valence-corrected chi connectivity index (χ3v) is 9.06. The van der Waals surface area contributed by atoms with Crippen LogP contribution in [-0.2, 0) is 27.2 Å². The predicted molar refractivity (Wildman–Crippen MR) is 146 cm³/mol. The molecule has 1 aromatic heterocycles. The van der Waals surface area contributed by atoms with Crippen LogP contribution in [0.3, 0.4) is 0 Å². The van der Waals surface area contributed by atoms with Crippen molar-refractivity contribution in [2.75, 3.05) is 30.5 Å². The summed E-state index contributed by atoms with van der Waals surface area (Å²) in [5, 5.41) is 3.33. The van der Waals surface area contributed by atoms with E-state index in [1.54, 1.807) is 30.7 Å². The van der Waals surface area contributed by atoms with Crippen molar-refractivity contribution in [3.8, 4) is 5.75 Å².